The lowest BCUT2D eigenvalue weighted by molar-refractivity contribution is 1.07. The molecule has 0 amide bonds. The van der Waals surface area contributed by atoms with Gasteiger partial charge in [0.25, 0.3) is 0 Å². The molecule has 7 aromatic carbocycles. The van der Waals surface area contributed by atoms with E-state index in [-0.39, 0.29) is 0 Å². The van der Waals surface area contributed by atoms with Crippen molar-refractivity contribution in [3.63, 3.8) is 0 Å². The molecule has 0 saturated heterocycles. The summed E-state index contributed by atoms with van der Waals surface area (Å²) in [6.45, 7) is 4.30. The van der Waals surface area contributed by atoms with E-state index in [1.165, 1.54) is 32.7 Å². The van der Waals surface area contributed by atoms with Crippen LogP contribution >= 0.6 is 0 Å². The Morgan fingerprint density at radius 3 is 1.45 bits per heavy atom. The lowest BCUT2D eigenvalue weighted by atomic mass is 9.98. The first-order chi connectivity index (χ1) is 28.6. The maximum Gasteiger partial charge on any atom is 0.164 e. The average molecular weight is 745 g/mol. The molecule has 6 nitrogen and oxygen atoms in total. The Kier molecular flexibility index (Phi) is 7.83. The maximum absolute atomic E-state index is 5.32. The Morgan fingerprint density at radius 1 is 0.379 bits per heavy atom. The molecule has 0 aliphatic rings. The standard InChI is InChI=1S/C52H36N6/c1-33-26-28-44-40(31-33)37-19-9-11-22-42(37)57(44)46-24-13-21-39(52-55-50(35-15-5-3-6-16-35)54-51(56-52)36-17-7-4-8-18-36)48(46)49-47(25-14-30-53-49)58-43-23-12-10-20-38(43)41-32-34(2)27-29-45(41)58/h3-32H,1-2H3. The molecule has 0 N–H and O–H groups in total. The minimum atomic E-state index is 0.565. The third-order valence-corrected chi connectivity index (χ3v) is 11.1. The van der Waals surface area contributed by atoms with Crippen molar-refractivity contribution in [3.8, 4) is 56.8 Å². The van der Waals surface area contributed by atoms with Crippen molar-refractivity contribution in [1.82, 2.24) is 29.1 Å². The highest BCUT2D eigenvalue weighted by atomic mass is 15.0. The normalized spacial score (nSPS) is 11.6. The summed E-state index contributed by atoms with van der Waals surface area (Å²) in [6.07, 6.45) is 1.89. The minimum absolute atomic E-state index is 0.565. The molecule has 6 heteroatoms. The van der Waals surface area contributed by atoms with Gasteiger partial charge in [-0.15, -0.1) is 0 Å². The van der Waals surface area contributed by atoms with Gasteiger partial charge >= 0.3 is 0 Å². The second-order valence-corrected chi connectivity index (χ2v) is 14.9. The van der Waals surface area contributed by atoms with Gasteiger partial charge in [0.1, 0.15) is 0 Å². The highest BCUT2D eigenvalue weighted by Crippen LogP contribution is 2.44. The second kappa shape index (κ2) is 13.5. The van der Waals surface area contributed by atoms with Crippen LogP contribution in [0.3, 0.4) is 0 Å². The largest absolute Gasteiger partial charge is 0.309 e. The van der Waals surface area contributed by atoms with Gasteiger partial charge in [0.05, 0.1) is 39.1 Å². The third-order valence-electron chi connectivity index (χ3n) is 11.1. The smallest absolute Gasteiger partial charge is 0.164 e. The molecule has 0 spiro atoms. The Hall–Kier alpha value is -7.70. The number of pyridine rings is 1. The van der Waals surface area contributed by atoms with E-state index in [9.17, 15) is 0 Å². The summed E-state index contributed by atoms with van der Waals surface area (Å²) in [7, 11) is 0. The predicted octanol–water partition coefficient (Wildman–Crippen LogP) is 12.7. The zero-order chi connectivity index (χ0) is 38.7. The molecule has 11 rings (SSSR count). The number of rotatable bonds is 6. The summed E-state index contributed by atoms with van der Waals surface area (Å²) in [6, 6.07) is 61.7. The van der Waals surface area contributed by atoms with Crippen LogP contribution in [0.1, 0.15) is 11.1 Å². The van der Waals surface area contributed by atoms with Crippen LogP contribution in [0.15, 0.2) is 182 Å². The fourth-order valence-electron chi connectivity index (χ4n) is 8.55. The zero-order valence-corrected chi connectivity index (χ0v) is 32.0. The lowest BCUT2D eigenvalue weighted by Crippen LogP contribution is -2.06. The summed E-state index contributed by atoms with van der Waals surface area (Å²) >= 11 is 0. The fourth-order valence-corrected chi connectivity index (χ4v) is 8.55. The van der Waals surface area contributed by atoms with E-state index in [1.807, 2.05) is 72.9 Å². The van der Waals surface area contributed by atoms with Crippen LogP contribution in [0.4, 0.5) is 0 Å². The number of nitrogens with zero attached hydrogens (tertiary/aromatic N) is 6. The van der Waals surface area contributed by atoms with Gasteiger partial charge in [0.2, 0.25) is 0 Å². The molecule has 58 heavy (non-hydrogen) atoms. The van der Waals surface area contributed by atoms with Gasteiger partial charge in [-0.05, 0) is 68.4 Å². The highest BCUT2D eigenvalue weighted by molar-refractivity contribution is 6.12. The van der Waals surface area contributed by atoms with Crippen molar-refractivity contribution in [2.24, 2.45) is 0 Å². The highest BCUT2D eigenvalue weighted by Gasteiger charge is 2.25. The molecule has 4 aromatic heterocycles. The molecular weight excluding hydrogens is 709 g/mol. The Balaban J connectivity index is 1.28. The van der Waals surface area contributed by atoms with Crippen molar-refractivity contribution in [2.75, 3.05) is 0 Å². The molecule has 4 heterocycles. The topological polar surface area (TPSA) is 61.4 Å². The van der Waals surface area contributed by atoms with Crippen LogP contribution in [0.2, 0.25) is 0 Å². The molecular formula is C52H36N6. The molecule has 274 valence electrons. The molecule has 0 unspecified atom stereocenters. The molecule has 11 aromatic rings. The van der Waals surface area contributed by atoms with E-state index >= 15 is 0 Å². The maximum atomic E-state index is 5.32. The van der Waals surface area contributed by atoms with E-state index in [2.05, 4.69) is 132 Å². The summed E-state index contributed by atoms with van der Waals surface area (Å²) in [5.74, 6) is 1.77. The van der Waals surface area contributed by atoms with Gasteiger partial charge in [-0.3, -0.25) is 4.98 Å². The molecule has 0 aliphatic heterocycles. The van der Waals surface area contributed by atoms with Gasteiger partial charge in [-0.2, -0.15) is 0 Å². The second-order valence-electron chi connectivity index (χ2n) is 14.9. The lowest BCUT2D eigenvalue weighted by Gasteiger charge is -2.20. The zero-order valence-electron chi connectivity index (χ0n) is 32.0. The number of benzene rings is 7. The van der Waals surface area contributed by atoms with E-state index in [4.69, 9.17) is 19.9 Å². The summed E-state index contributed by atoms with van der Waals surface area (Å²) < 4.78 is 4.74. The number of para-hydroxylation sites is 2. The minimum Gasteiger partial charge on any atom is -0.309 e. The Morgan fingerprint density at radius 2 is 0.862 bits per heavy atom. The van der Waals surface area contributed by atoms with Crippen molar-refractivity contribution >= 4 is 43.6 Å². The van der Waals surface area contributed by atoms with Crippen LogP contribution in [0.5, 0.6) is 0 Å². The van der Waals surface area contributed by atoms with Gasteiger partial charge in [-0.1, -0.05) is 132 Å². The van der Waals surface area contributed by atoms with Gasteiger partial charge in [-0.25, -0.2) is 15.0 Å². The van der Waals surface area contributed by atoms with Crippen molar-refractivity contribution in [1.29, 1.82) is 0 Å². The molecule has 0 aliphatic carbocycles. The van der Waals surface area contributed by atoms with E-state index in [0.717, 1.165) is 61.4 Å². The van der Waals surface area contributed by atoms with E-state index < -0.39 is 0 Å². The average Bonchev–Trinajstić information content (AvgIpc) is 3.78. The van der Waals surface area contributed by atoms with Crippen LogP contribution < -0.4 is 0 Å². The SMILES string of the molecule is Cc1ccc2c(c1)c1ccccc1n2-c1cccnc1-c1c(-c2nc(-c3ccccc3)nc(-c3ccccc3)n2)cccc1-n1c2ccccc2c2cc(C)ccc21. The van der Waals surface area contributed by atoms with Gasteiger partial charge in [0.15, 0.2) is 17.5 Å². The summed E-state index contributed by atoms with van der Waals surface area (Å²) in [5, 5.41) is 4.78. The number of fused-ring (bicyclic) bond motifs is 6. The van der Waals surface area contributed by atoms with Crippen LogP contribution in [0, 0.1) is 13.8 Å². The monoisotopic (exact) mass is 744 g/mol. The summed E-state index contributed by atoms with van der Waals surface area (Å²) in [5.41, 5.74) is 13.2. The number of hydrogen-bond donors (Lipinski definition) is 0. The first-order valence-corrected chi connectivity index (χ1v) is 19.6. The number of aromatic nitrogens is 6. The van der Waals surface area contributed by atoms with Crippen LogP contribution in [-0.2, 0) is 0 Å². The fraction of sp³-hybridized carbons (Fsp3) is 0.0385. The molecule has 0 saturated carbocycles. The molecule has 0 radical (unpaired) electrons. The van der Waals surface area contributed by atoms with Gasteiger partial charge in [0, 0.05) is 50.0 Å². The first kappa shape index (κ1) is 33.6. The predicted molar refractivity (Wildman–Crippen MR) is 238 cm³/mol. The van der Waals surface area contributed by atoms with Crippen molar-refractivity contribution in [2.45, 2.75) is 13.8 Å². The van der Waals surface area contributed by atoms with Crippen molar-refractivity contribution < 1.29 is 0 Å². The molecule has 0 bridgehead atoms. The number of hydrogen-bond acceptors (Lipinski definition) is 4. The summed E-state index contributed by atoms with van der Waals surface area (Å²) in [4.78, 5) is 20.9. The third kappa shape index (κ3) is 5.41. The van der Waals surface area contributed by atoms with E-state index in [0.29, 0.717) is 17.5 Å². The Labute approximate surface area is 335 Å². The quantitative estimate of drug-likeness (QED) is 0.170. The Bertz CT molecular complexity index is 3300. The van der Waals surface area contributed by atoms with Crippen LogP contribution in [-0.4, -0.2) is 29.1 Å². The van der Waals surface area contributed by atoms with Crippen LogP contribution in [0.25, 0.3) is 100 Å². The van der Waals surface area contributed by atoms with Gasteiger partial charge < -0.3 is 9.13 Å². The molecule has 0 fully saturated rings. The molecule has 0 atom stereocenters. The first-order valence-electron chi connectivity index (χ1n) is 19.6. The van der Waals surface area contributed by atoms with Crippen molar-refractivity contribution in [3.05, 3.63) is 193 Å². The number of aryl methyl sites for hydroxylation is 2. The van der Waals surface area contributed by atoms with E-state index in [1.54, 1.807) is 0 Å².